The molecule has 1 fully saturated rings. The van der Waals surface area contributed by atoms with Gasteiger partial charge in [-0.25, -0.2) is 0 Å². The quantitative estimate of drug-likeness (QED) is 0.601. The molecule has 1 nitrogen and oxygen atoms in total. The van der Waals surface area contributed by atoms with Crippen LogP contribution in [-0.2, 0) is 0 Å². The van der Waals surface area contributed by atoms with Gasteiger partial charge in [0, 0.05) is 0 Å². The Balaban J connectivity index is 0.000000218. The number of hydrogen-bond donors (Lipinski definition) is 1. The van der Waals surface area contributed by atoms with Crippen LogP contribution in [0.3, 0.4) is 0 Å². The van der Waals surface area contributed by atoms with Crippen molar-refractivity contribution < 1.29 is 5.11 Å². The Kier molecular flexibility index (Phi) is 10.2. The second-order valence-corrected chi connectivity index (χ2v) is 5.58. The Morgan fingerprint density at radius 2 is 0.737 bits per heavy atom. The third-order valence-electron chi connectivity index (χ3n) is 3.76. The maximum Gasteiger partial charge on any atom is 0.115 e. The Morgan fingerprint density at radius 1 is 0.474 bits per heavy atom. The maximum absolute atomic E-state index is 8.63. The summed E-state index contributed by atoms with van der Waals surface area (Å²) in [6.07, 6.45) is 18.0. The molecule has 1 aliphatic carbocycles. The van der Waals surface area contributed by atoms with Crippen LogP contribution in [0.4, 0.5) is 0 Å². The van der Waals surface area contributed by atoms with E-state index in [0.717, 1.165) is 0 Å². The molecule has 2 rings (SSSR count). The van der Waals surface area contributed by atoms with Crippen molar-refractivity contribution in [3.63, 3.8) is 0 Å². The summed E-state index contributed by atoms with van der Waals surface area (Å²) >= 11 is 0. The molecule has 0 spiro atoms. The lowest BCUT2D eigenvalue weighted by atomic mass is 10.0. The predicted molar refractivity (Wildman–Crippen MR) is 83.5 cm³/mol. The minimum Gasteiger partial charge on any atom is -0.508 e. The lowest BCUT2D eigenvalue weighted by Crippen LogP contribution is -1.85. The Labute approximate surface area is 119 Å². The van der Waals surface area contributed by atoms with Crippen molar-refractivity contribution in [2.24, 2.45) is 0 Å². The summed E-state index contributed by atoms with van der Waals surface area (Å²) in [7, 11) is 0. The van der Waals surface area contributed by atoms with Gasteiger partial charge in [0.05, 0.1) is 0 Å². The van der Waals surface area contributed by atoms with Crippen LogP contribution in [0.2, 0.25) is 0 Å². The monoisotopic (exact) mass is 262 g/mol. The molecule has 0 aromatic heterocycles. The third kappa shape index (κ3) is 10.6. The van der Waals surface area contributed by atoms with Crippen molar-refractivity contribution in [2.75, 3.05) is 0 Å². The molecule has 0 aliphatic heterocycles. The number of phenolic OH excluding ortho intramolecular Hbond substituents is 1. The Bertz CT molecular complexity index is 238. The molecule has 1 aliphatic rings. The van der Waals surface area contributed by atoms with Gasteiger partial charge < -0.3 is 5.11 Å². The van der Waals surface area contributed by atoms with Crippen molar-refractivity contribution in [1.82, 2.24) is 0 Å². The van der Waals surface area contributed by atoms with Crippen LogP contribution in [0.1, 0.15) is 77.0 Å². The van der Waals surface area contributed by atoms with Gasteiger partial charge in [-0.3, -0.25) is 0 Å². The summed E-state index contributed by atoms with van der Waals surface area (Å²) in [6.45, 7) is 0. The van der Waals surface area contributed by atoms with Crippen molar-refractivity contribution in [3.8, 4) is 5.75 Å². The highest BCUT2D eigenvalue weighted by atomic mass is 16.3. The molecule has 108 valence electrons. The average molecular weight is 262 g/mol. The van der Waals surface area contributed by atoms with Crippen LogP contribution in [0.15, 0.2) is 30.3 Å². The summed E-state index contributed by atoms with van der Waals surface area (Å²) in [6, 6.07) is 8.71. The fraction of sp³-hybridized carbons (Fsp3) is 0.667. The fourth-order valence-corrected chi connectivity index (χ4v) is 2.55. The minimum atomic E-state index is 0.322. The summed E-state index contributed by atoms with van der Waals surface area (Å²) in [5.74, 6) is 0.322. The normalized spacial score (nSPS) is 18.3. The van der Waals surface area contributed by atoms with Crippen LogP contribution >= 0.6 is 0 Å². The lowest BCUT2D eigenvalue weighted by molar-refractivity contribution is 0.475. The van der Waals surface area contributed by atoms with E-state index in [1.165, 1.54) is 77.0 Å². The molecule has 0 heterocycles. The highest BCUT2D eigenvalue weighted by molar-refractivity contribution is 5.18. The molecule has 1 heteroatoms. The molecule has 0 radical (unpaired) electrons. The van der Waals surface area contributed by atoms with E-state index < -0.39 is 0 Å². The highest BCUT2D eigenvalue weighted by Gasteiger charge is 1.96. The lowest BCUT2D eigenvalue weighted by Gasteiger charge is -2.05. The number of para-hydroxylation sites is 1. The van der Waals surface area contributed by atoms with Gasteiger partial charge in [-0.15, -0.1) is 0 Å². The predicted octanol–water partition coefficient (Wildman–Crippen LogP) is 6.07. The fourth-order valence-electron chi connectivity index (χ4n) is 2.55. The van der Waals surface area contributed by atoms with Crippen molar-refractivity contribution in [1.29, 1.82) is 0 Å². The molecule has 0 amide bonds. The van der Waals surface area contributed by atoms with E-state index in [0.29, 0.717) is 5.75 Å². The number of phenols is 1. The molecule has 1 N–H and O–H groups in total. The molecular formula is C18H30O. The van der Waals surface area contributed by atoms with Gasteiger partial charge in [0.15, 0.2) is 0 Å². The van der Waals surface area contributed by atoms with Gasteiger partial charge in [0.1, 0.15) is 5.75 Å². The summed E-state index contributed by atoms with van der Waals surface area (Å²) in [4.78, 5) is 0. The number of hydrogen-bond acceptors (Lipinski definition) is 1. The van der Waals surface area contributed by atoms with E-state index in [4.69, 9.17) is 5.11 Å². The first kappa shape index (κ1) is 16.1. The molecule has 0 unspecified atom stereocenters. The van der Waals surface area contributed by atoms with E-state index in [-0.39, 0.29) is 0 Å². The van der Waals surface area contributed by atoms with E-state index in [1.807, 2.05) is 6.07 Å². The number of aromatic hydroxyl groups is 1. The van der Waals surface area contributed by atoms with Crippen LogP contribution in [0.25, 0.3) is 0 Å². The van der Waals surface area contributed by atoms with Crippen LogP contribution in [-0.4, -0.2) is 5.11 Å². The Morgan fingerprint density at radius 3 is 0.895 bits per heavy atom. The zero-order valence-corrected chi connectivity index (χ0v) is 12.3. The topological polar surface area (TPSA) is 20.2 Å². The molecule has 1 aromatic carbocycles. The molecule has 0 saturated heterocycles. The molecule has 1 aromatic rings. The number of benzene rings is 1. The summed E-state index contributed by atoms with van der Waals surface area (Å²) < 4.78 is 0. The average Bonchev–Trinajstić information content (AvgIpc) is 2.41. The molecule has 19 heavy (non-hydrogen) atoms. The van der Waals surface area contributed by atoms with Gasteiger partial charge in [-0.1, -0.05) is 95.2 Å². The first-order valence-corrected chi connectivity index (χ1v) is 8.13. The Hall–Kier alpha value is -0.980. The van der Waals surface area contributed by atoms with Crippen LogP contribution in [0.5, 0.6) is 5.75 Å². The summed E-state index contributed by atoms with van der Waals surface area (Å²) in [5.41, 5.74) is 0. The highest BCUT2D eigenvalue weighted by Crippen LogP contribution is 2.15. The first-order valence-electron chi connectivity index (χ1n) is 8.13. The van der Waals surface area contributed by atoms with E-state index in [2.05, 4.69) is 0 Å². The summed E-state index contributed by atoms with van der Waals surface area (Å²) in [5, 5.41) is 8.63. The maximum atomic E-state index is 8.63. The van der Waals surface area contributed by atoms with Crippen LogP contribution < -0.4 is 0 Å². The molecule has 1 saturated carbocycles. The molecular weight excluding hydrogens is 232 g/mol. The zero-order valence-electron chi connectivity index (χ0n) is 12.3. The van der Waals surface area contributed by atoms with E-state index in [1.54, 1.807) is 24.3 Å². The standard InChI is InChI=1S/C12H24.C6H6O/c1-2-4-6-8-10-12-11-9-7-5-3-1;7-6-4-2-1-3-5-6/h1-12H2;1-5,7H. The van der Waals surface area contributed by atoms with Crippen molar-refractivity contribution in [2.45, 2.75) is 77.0 Å². The van der Waals surface area contributed by atoms with Gasteiger partial charge in [-0.2, -0.15) is 0 Å². The van der Waals surface area contributed by atoms with Gasteiger partial charge >= 0.3 is 0 Å². The number of rotatable bonds is 0. The van der Waals surface area contributed by atoms with Gasteiger partial charge in [0.2, 0.25) is 0 Å². The van der Waals surface area contributed by atoms with Gasteiger partial charge in [0.25, 0.3) is 0 Å². The minimum absolute atomic E-state index is 0.322. The first-order chi connectivity index (χ1) is 9.39. The van der Waals surface area contributed by atoms with Gasteiger partial charge in [-0.05, 0) is 12.1 Å². The van der Waals surface area contributed by atoms with E-state index >= 15 is 0 Å². The third-order valence-corrected chi connectivity index (χ3v) is 3.76. The van der Waals surface area contributed by atoms with Crippen molar-refractivity contribution >= 4 is 0 Å². The zero-order chi connectivity index (χ0) is 13.6. The molecule has 0 atom stereocenters. The second kappa shape index (κ2) is 12.1. The van der Waals surface area contributed by atoms with Crippen molar-refractivity contribution in [3.05, 3.63) is 30.3 Å². The van der Waals surface area contributed by atoms with Crippen LogP contribution in [0, 0.1) is 0 Å². The smallest absolute Gasteiger partial charge is 0.115 e. The second-order valence-electron chi connectivity index (χ2n) is 5.58. The largest absolute Gasteiger partial charge is 0.508 e. The van der Waals surface area contributed by atoms with E-state index in [9.17, 15) is 0 Å². The SMILES string of the molecule is C1CCCCCCCCCCC1.Oc1ccccc1. The molecule has 0 bridgehead atoms.